The van der Waals surface area contributed by atoms with Crippen molar-refractivity contribution in [1.29, 1.82) is 0 Å². The van der Waals surface area contributed by atoms with Crippen molar-refractivity contribution in [2.45, 2.75) is 32.1 Å². The van der Waals surface area contributed by atoms with E-state index in [1.54, 1.807) is 12.1 Å². The van der Waals surface area contributed by atoms with E-state index in [0.717, 1.165) is 18.4 Å². The molecule has 114 valence electrons. The van der Waals surface area contributed by atoms with Crippen LogP contribution in [0.5, 0.6) is 0 Å². The molecule has 1 aliphatic carbocycles. The van der Waals surface area contributed by atoms with Crippen molar-refractivity contribution in [1.82, 2.24) is 5.32 Å². The minimum Gasteiger partial charge on any atom is -0.481 e. The first kappa shape index (κ1) is 15.8. The van der Waals surface area contributed by atoms with Crippen molar-refractivity contribution < 1.29 is 14.7 Å². The van der Waals surface area contributed by atoms with E-state index >= 15 is 0 Å². The number of benzene rings is 1. The highest BCUT2D eigenvalue weighted by molar-refractivity contribution is 6.30. The number of rotatable bonds is 5. The topological polar surface area (TPSA) is 66.4 Å². The Bertz CT molecular complexity index is 493. The molecule has 0 spiro atoms. The molecule has 1 amide bonds. The standard InChI is InChI=1S/C16H20ClNO3/c17-14-7-3-11(4-8-14)9-15(19)18-10-12-1-5-13(6-2-12)16(20)21/h3-4,7-8,12-13H,1-2,5-6,9-10H2,(H,18,19)(H,20,21). The Hall–Kier alpha value is -1.55. The van der Waals surface area contributed by atoms with Gasteiger partial charge in [0.15, 0.2) is 0 Å². The van der Waals surface area contributed by atoms with Crippen LogP contribution in [0.3, 0.4) is 0 Å². The first-order valence-electron chi connectivity index (χ1n) is 7.28. The molecule has 1 saturated carbocycles. The van der Waals surface area contributed by atoms with E-state index in [1.165, 1.54) is 0 Å². The lowest BCUT2D eigenvalue weighted by molar-refractivity contribution is -0.143. The maximum absolute atomic E-state index is 11.9. The van der Waals surface area contributed by atoms with Crippen LogP contribution in [-0.2, 0) is 16.0 Å². The van der Waals surface area contributed by atoms with Gasteiger partial charge in [0.05, 0.1) is 12.3 Å². The quantitative estimate of drug-likeness (QED) is 0.879. The Morgan fingerprint density at radius 3 is 2.33 bits per heavy atom. The van der Waals surface area contributed by atoms with Crippen molar-refractivity contribution >= 4 is 23.5 Å². The van der Waals surface area contributed by atoms with E-state index in [9.17, 15) is 9.59 Å². The van der Waals surface area contributed by atoms with Gasteiger partial charge in [0.2, 0.25) is 5.91 Å². The maximum atomic E-state index is 11.9. The van der Waals surface area contributed by atoms with E-state index in [0.29, 0.717) is 36.7 Å². The second-order valence-electron chi connectivity index (χ2n) is 5.66. The highest BCUT2D eigenvalue weighted by Crippen LogP contribution is 2.28. The molecule has 1 aromatic carbocycles. The number of hydrogen-bond donors (Lipinski definition) is 2. The molecule has 1 aliphatic rings. The number of carbonyl (C=O) groups is 2. The van der Waals surface area contributed by atoms with Gasteiger partial charge in [-0.2, -0.15) is 0 Å². The molecule has 4 nitrogen and oxygen atoms in total. The lowest BCUT2D eigenvalue weighted by Crippen LogP contribution is -2.33. The number of hydrogen-bond acceptors (Lipinski definition) is 2. The average Bonchev–Trinajstić information content (AvgIpc) is 2.48. The van der Waals surface area contributed by atoms with E-state index in [4.69, 9.17) is 16.7 Å². The Kier molecular flexibility index (Phi) is 5.62. The third-order valence-corrected chi connectivity index (χ3v) is 4.31. The van der Waals surface area contributed by atoms with Gasteiger partial charge in [0.25, 0.3) is 0 Å². The third-order valence-electron chi connectivity index (χ3n) is 4.06. The summed E-state index contributed by atoms with van der Waals surface area (Å²) in [4.78, 5) is 22.7. The monoisotopic (exact) mass is 309 g/mol. The van der Waals surface area contributed by atoms with Crippen LogP contribution in [0.1, 0.15) is 31.2 Å². The first-order valence-corrected chi connectivity index (χ1v) is 7.66. The van der Waals surface area contributed by atoms with Gasteiger partial charge in [-0.05, 0) is 49.3 Å². The number of carboxylic acids is 1. The van der Waals surface area contributed by atoms with Crippen LogP contribution < -0.4 is 5.32 Å². The molecule has 0 aliphatic heterocycles. The van der Waals surface area contributed by atoms with Gasteiger partial charge in [-0.1, -0.05) is 23.7 Å². The second-order valence-corrected chi connectivity index (χ2v) is 6.10. The predicted octanol–water partition coefficient (Wildman–Crippen LogP) is 2.89. The molecule has 5 heteroatoms. The zero-order valence-electron chi connectivity index (χ0n) is 11.8. The summed E-state index contributed by atoms with van der Waals surface area (Å²) in [6, 6.07) is 7.24. The molecule has 0 saturated heterocycles. The summed E-state index contributed by atoms with van der Waals surface area (Å²) in [5.41, 5.74) is 0.937. The van der Waals surface area contributed by atoms with Crippen molar-refractivity contribution in [3.63, 3.8) is 0 Å². The molecule has 0 heterocycles. The highest BCUT2D eigenvalue weighted by atomic mass is 35.5. The molecule has 0 atom stereocenters. The van der Waals surface area contributed by atoms with E-state index < -0.39 is 5.97 Å². The number of carboxylic acid groups (broad SMARTS) is 1. The Morgan fingerprint density at radius 1 is 1.14 bits per heavy atom. The molecule has 2 N–H and O–H groups in total. The number of carbonyl (C=O) groups excluding carboxylic acids is 1. The van der Waals surface area contributed by atoms with Crippen molar-refractivity contribution in [3.05, 3.63) is 34.9 Å². The summed E-state index contributed by atoms with van der Waals surface area (Å²) in [7, 11) is 0. The summed E-state index contributed by atoms with van der Waals surface area (Å²) in [6.07, 6.45) is 3.53. The lowest BCUT2D eigenvalue weighted by atomic mass is 9.82. The summed E-state index contributed by atoms with van der Waals surface area (Å²) >= 11 is 5.80. The van der Waals surface area contributed by atoms with Gasteiger partial charge >= 0.3 is 5.97 Å². The summed E-state index contributed by atoms with van der Waals surface area (Å²) in [5.74, 6) is -0.501. The number of aliphatic carboxylic acids is 1. The fourth-order valence-electron chi connectivity index (χ4n) is 2.72. The Morgan fingerprint density at radius 2 is 1.76 bits per heavy atom. The van der Waals surface area contributed by atoms with Gasteiger partial charge in [0.1, 0.15) is 0 Å². The van der Waals surface area contributed by atoms with Crippen LogP contribution >= 0.6 is 11.6 Å². The minimum absolute atomic E-state index is 0.00215. The SMILES string of the molecule is O=C(Cc1ccc(Cl)cc1)NCC1CCC(C(=O)O)CC1. The van der Waals surface area contributed by atoms with E-state index in [2.05, 4.69) is 5.32 Å². The number of amides is 1. The summed E-state index contributed by atoms with van der Waals surface area (Å²) in [5, 5.41) is 12.5. The van der Waals surface area contributed by atoms with Gasteiger partial charge < -0.3 is 10.4 Å². The Labute approximate surface area is 129 Å². The van der Waals surface area contributed by atoms with Crippen LogP contribution in [0, 0.1) is 11.8 Å². The normalized spacial score (nSPS) is 21.8. The number of nitrogens with one attached hydrogen (secondary N) is 1. The highest BCUT2D eigenvalue weighted by Gasteiger charge is 2.25. The minimum atomic E-state index is -0.694. The van der Waals surface area contributed by atoms with E-state index in [-0.39, 0.29) is 11.8 Å². The number of halogens is 1. The summed E-state index contributed by atoms with van der Waals surface area (Å²) in [6.45, 7) is 0.638. The smallest absolute Gasteiger partial charge is 0.306 e. The molecule has 0 bridgehead atoms. The first-order chi connectivity index (χ1) is 10.0. The molecule has 1 aromatic rings. The van der Waals surface area contributed by atoms with Crippen molar-refractivity contribution in [3.8, 4) is 0 Å². The van der Waals surface area contributed by atoms with Gasteiger partial charge in [-0.3, -0.25) is 9.59 Å². The fraction of sp³-hybridized carbons (Fsp3) is 0.500. The van der Waals surface area contributed by atoms with Crippen LogP contribution in [-0.4, -0.2) is 23.5 Å². The molecule has 0 aromatic heterocycles. The molecule has 21 heavy (non-hydrogen) atoms. The second kappa shape index (κ2) is 7.46. The third kappa shape index (κ3) is 5.05. The van der Waals surface area contributed by atoms with Crippen LogP contribution in [0.2, 0.25) is 5.02 Å². The molecule has 0 radical (unpaired) electrons. The predicted molar refractivity (Wildman–Crippen MR) is 81.2 cm³/mol. The van der Waals surface area contributed by atoms with E-state index in [1.807, 2.05) is 12.1 Å². The van der Waals surface area contributed by atoms with Gasteiger partial charge in [-0.25, -0.2) is 0 Å². The largest absolute Gasteiger partial charge is 0.481 e. The average molecular weight is 310 g/mol. The van der Waals surface area contributed by atoms with Crippen molar-refractivity contribution in [2.24, 2.45) is 11.8 Å². The van der Waals surface area contributed by atoms with Gasteiger partial charge in [-0.15, -0.1) is 0 Å². The molecular weight excluding hydrogens is 290 g/mol. The molecular formula is C16H20ClNO3. The van der Waals surface area contributed by atoms with Crippen LogP contribution in [0.4, 0.5) is 0 Å². The summed E-state index contributed by atoms with van der Waals surface area (Å²) < 4.78 is 0. The van der Waals surface area contributed by atoms with Crippen molar-refractivity contribution in [2.75, 3.05) is 6.54 Å². The van der Waals surface area contributed by atoms with Gasteiger partial charge in [0, 0.05) is 11.6 Å². The molecule has 0 unspecified atom stereocenters. The molecule has 2 rings (SSSR count). The van der Waals surface area contributed by atoms with Crippen LogP contribution in [0.25, 0.3) is 0 Å². The maximum Gasteiger partial charge on any atom is 0.306 e. The lowest BCUT2D eigenvalue weighted by Gasteiger charge is -2.26. The molecule has 1 fully saturated rings. The zero-order chi connectivity index (χ0) is 15.2. The Balaban J connectivity index is 1.70. The zero-order valence-corrected chi connectivity index (χ0v) is 12.6. The van der Waals surface area contributed by atoms with Crippen LogP contribution in [0.15, 0.2) is 24.3 Å². The fourth-order valence-corrected chi connectivity index (χ4v) is 2.85.